The minimum absolute atomic E-state index is 0.0990. The smallest absolute Gasteiger partial charge is 0.194 e. The summed E-state index contributed by atoms with van der Waals surface area (Å²) in [6.07, 6.45) is 3.76. The Bertz CT molecular complexity index is 2390. The number of hydrogen-bond acceptors (Lipinski definition) is 7. The second-order valence-electron chi connectivity index (χ2n) is 15.7. The molecule has 7 rings (SSSR count). The molecule has 0 atom stereocenters. The Hall–Kier alpha value is -6.31. The molecule has 0 spiro atoms. The topological polar surface area (TPSA) is 96.9 Å². The van der Waals surface area contributed by atoms with E-state index in [2.05, 4.69) is 114 Å². The van der Waals surface area contributed by atoms with Crippen molar-refractivity contribution in [2.45, 2.75) is 86.0 Å². The molecule has 0 fully saturated rings. The van der Waals surface area contributed by atoms with Crippen LogP contribution in [0.15, 0.2) is 108 Å². The van der Waals surface area contributed by atoms with Crippen LogP contribution in [-0.4, -0.2) is 15.8 Å². The van der Waals surface area contributed by atoms with Crippen LogP contribution in [-0.2, 0) is 0 Å². The number of ketones is 1. The Morgan fingerprint density at radius 3 is 1.49 bits per heavy atom. The van der Waals surface area contributed by atoms with Gasteiger partial charge in [0, 0.05) is 16.7 Å². The number of para-hydroxylation sites is 4. The minimum atomic E-state index is -0.222. The largest absolute Gasteiger partial charge is 0.289 e. The van der Waals surface area contributed by atoms with Crippen molar-refractivity contribution in [1.29, 1.82) is 10.5 Å². The van der Waals surface area contributed by atoms with Gasteiger partial charge in [-0.05, 0) is 88.8 Å². The average molecular weight is 723 g/mol. The van der Waals surface area contributed by atoms with Crippen molar-refractivity contribution in [3.8, 4) is 12.1 Å². The van der Waals surface area contributed by atoms with E-state index in [0.717, 1.165) is 56.0 Å². The van der Waals surface area contributed by atoms with Crippen molar-refractivity contribution in [3.05, 3.63) is 147 Å². The lowest BCUT2D eigenvalue weighted by molar-refractivity contribution is 0.104. The monoisotopic (exact) mass is 722 g/mol. The highest BCUT2D eigenvalue weighted by molar-refractivity contribution is 6.28. The van der Waals surface area contributed by atoms with Crippen LogP contribution < -0.4 is 9.80 Å². The highest BCUT2D eigenvalue weighted by Crippen LogP contribution is 2.54. The van der Waals surface area contributed by atoms with Gasteiger partial charge in [-0.3, -0.25) is 14.6 Å². The van der Waals surface area contributed by atoms with E-state index >= 15 is 0 Å². The summed E-state index contributed by atoms with van der Waals surface area (Å²) in [5.41, 5.74) is 10.8. The summed E-state index contributed by atoms with van der Waals surface area (Å²) < 4.78 is 0. The summed E-state index contributed by atoms with van der Waals surface area (Å²) in [4.78, 5) is 29.6. The first-order chi connectivity index (χ1) is 26.4. The van der Waals surface area contributed by atoms with Crippen LogP contribution in [0.5, 0.6) is 0 Å². The number of fused-ring (bicyclic) bond motifs is 3. The third kappa shape index (κ3) is 6.20. The third-order valence-electron chi connectivity index (χ3n) is 10.6. The summed E-state index contributed by atoms with van der Waals surface area (Å²) in [6, 6.07) is 30.7. The first kappa shape index (κ1) is 37.0. The Kier molecular flexibility index (Phi) is 9.76. The van der Waals surface area contributed by atoms with E-state index in [1.54, 1.807) is 6.08 Å². The maximum Gasteiger partial charge on any atom is 0.194 e. The van der Waals surface area contributed by atoms with Gasteiger partial charge in [-0.25, -0.2) is 9.97 Å². The number of anilines is 4. The highest BCUT2D eigenvalue weighted by atomic mass is 16.1. The number of rotatable bonds is 7. The van der Waals surface area contributed by atoms with Crippen LogP contribution in [0.1, 0.15) is 123 Å². The lowest BCUT2D eigenvalue weighted by Gasteiger charge is -2.32. The van der Waals surface area contributed by atoms with Crippen molar-refractivity contribution in [3.63, 3.8) is 0 Å². The molecule has 4 aromatic carbocycles. The van der Waals surface area contributed by atoms with E-state index in [4.69, 9.17) is 9.97 Å². The SMILES string of the molecule is Cc1ccc2c(c1)C(=O)/C(=C/C=C1N(c3c(C(C)C)cccc3C(C)C)c3nc4ccccc4nc3N1c1c(C(C)C)cccc1C(C)C)C2=C(C#N)C#N. The average Bonchev–Trinajstić information content (AvgIpc) is 3.61. The van der Waals surface area contributed by atoms with Gasteiger partial charge in [-0.1, -0.05) is 122 Å². The molecule has 0 N–H and O–H groups in total. The lowest BCUT2D eigenvalue weighted by Crippen LogP contribution is -2.26. The van der Waals surface area contributed by atoms with Crippen molar-refractivity contribution in [1.82, 2.24) is 9.97 Å². The zero-order valence-electron chi connectivity index (χ0n) is 33.1. The molecule has 7 nitrogen and oxygen atoms in total. The van der Waals surface area contributed by atoms with Crippen LogP contribution >= 0.6 is 0 Å². The predicted octanol–water partition coefficient (Wildman–Crippen LogP) is 12.2. The number of allylic oxidation sites excluding steroid dienone is 5. The van der Waals surface area contributed by atoms with E-state index in [9.17, 15) is 15.3 Å². The number of carbonyl (C=O) groups excluding carboxylic acids is 1. The number of benzene rings is 4. The van der Waals surface area contributed by atoms with Gasteiger partial charge in [0.2, 0.25) is 0 Å². The molecule has 1 aliphatic heterocycles. The standard InChI is InChI=1S/C48H46N6O/c1-27(2)33-14-12-15-34(28(3)4)44(33)53-42(23-22-38-43(32(25-49)26-50)37-21-20-31(9)24-39(37)46(38)55)54(45-35(29(5)6)16-13-17-36(45)30(7)8)48-47(53)51-40-18-10-11-19-41(40)52-48/h10-24,27-30H,1-9H3/b38-22+. The fourth-order valence-corrected chi connectivity index (χ4v) is 7.92. The van der Waals surface area contributed by atoms with Gasteiger partial charge in [-0.15, -0.1) is 0 Å². The summed E-state index contributed by atoms with van der Waals surface area (Å²) in [7, 11) is 0. The van der Waals surface area contributed by atoms with Crippen LogP contribution in [0.3, 0.4) is 0 Å². The fourth-order valence-electron chi connectivity index (χ4n) is 7.92. The molecule has 0 saturated heterocycles. The summed E-state index contributed by atoms with van der Waals surface area (Å²) in [5.74, 6) is 2.59. The van der Waals surface area contributed by atoms with E-state index in [1.807, 2.05) is 55.5 Å². The van der Waals surface area contributed by atoms with Crippen molar-refractivity contribution in [2.75, 3.05) is 9.80 Å². The van der Waals surface area contributed by atoms with Gasteiger partial charge in [0.05, 0.1) is 22.4 Å². The first-order valence-corrected chi connectivity index (χ1v) is 19.1. The van der Waals surface area contributed by atoms with Crippen LogP contribution in [0.2, 0.25) is 0 Å². The quantitative estimate of drug-likeness (QED) is 0.122. The molecule has 7 heteroatoms. The van der Waals surface area contributed by atoms with Gasteiger partial charge in [0.15, 0.2) is 17.4 Å². The summed E-state index contributed by atoms with van der Waals surface area (Å²) >= 11 is 0. The Balaban J connectivity index is 1.66. The molecular formula is C48H46N6O. The van der Waals surface area contributed by atoms with Gasteiger partial charge in [0.1, 0.15) is 23.5 Å². The fraction of sp³-hybridized carbons (Fsp3) is 0.271. The van der Waals surface area contributed by atoms with Crippen molar-refractivity contribution < 1.29 is 4.79 Å². The minimum Gasteiger partial charge on any atom is -0.289 e. The molecule has 0 saturated carbocycles. The molecule has 2 aliphatic rings. The Morgan fingerprint density at radius 1 is 0.618 bits per heavy atom. The summed E-state index contributed by atoms with van der Waals surface area (Å²) in [5, 5.41) is 20.3. The number of aromatic nitrogens is 2. The third-order valence-corrected chi connectivity index (χ3v) is 10.6. The second kappa shape index (κ2) is 14.5. The normalized spacial score (nSPS) is 14.5. The van der Waals surface area contributed by atoms with Crippen LogP contribution in [0, 0.1) is 29.6 Å². The predicted molar refractivity (Wildman–Crippen MR) is 223 cm³/mol. The Labute approximate surface area is 324 Å². The molecule has 274 valence electrons. The highest BCUT2D eigenvalue weighted by Gasteiger charge is 2.41. The molecule has 5 aromatic rings. The molecular weight excluding hydrogens is 677 g/mol. The molecule has 2 heterocycles. The molecule has 0 radical (unpaired) electrons. The molecule has 1 aliphatic carbocycles. The van der Waals surface area contributed by atoms with Crippen molar-refractivity contribution in [2.24, 2.45) is 0 Å². The zero-order chi connectivity index (χ0) is 39.3. The molecule has 1 aromatic heterocycles. The van der Waals surface area contributed by atoms with Gasteiger partial charge in [0.25, 0.3) is 0 Å². The van der Waals surface area contributed by atoms with Crippen LogP contribution in [0.25, 0.3) is 16.6 Å². The van der Waals surface area contributed by atoms with E-state index in [0.29, 0.717) is 33.9 Å². The number of aryl methyl sites for hydroxylation is 1. The van der Waals surface area contributed by atoms with E-state index in [1.165, 1.54) is 0 Å². The van der Waals surface area contributed by atoms with Crippen LogP contribution in [0.4, 0.5) is 23.0 Å². The first-order valence-electron chi connectivity index (χ1n) is 19.1. The zero-order valence-corrected chi connectivity index (χ0v) is 33.1. The number of hydrogen-bond donors (Lipinski definition) is 0. The van der Waals surface area contributed by atoms with Gasteiger partial charge < -0.3 is 0 Å². The number of carbonyl (C=O) groups is 1. The number of Topliss-reactive ketones (excluding diaryl/α,β-unsaturated/α-hetero) is 1. The maximum atomic E-state index is 14.4. The number of nitriles is 2. The molecule has 0 amide bonds. The van der Waals surface area contributed by atoms with Gasteiger partial charge >= 0.3 is 0 Å². The van der Waals surface area contributed by atoms with E-state index < -0.39 is 0 Å². The van der Waals surface area contributed by atoms with Crippen molar-refractivity contribution >= 4 is 45.4 Å². The molecule has 55 heavy (non-hydrogen) atoms. The lowest BCUT2D eigenvalue weighted by atomic mass is 9.91. The molecule has 0 bridgehead atoms. The number of nitrogens with zero attached hydrogens (tertiary/aromatic N) is 6. The van der Waals surface area contributed by atoms with E-state index in [-0.39, 0.29) is 35.0 Å². The maximum absolute atomic E-state index is 14.4. The molecule has 0 unspecified atom stereocenters. The second-order valence-corrected chi connectivity index (χ2v) is 15.7. The Morgan fingerprint density at radius 2 is 1.07 bits per heavy atom. The summed E-state index contributed by atoms with van der Waals surface area (Å²) in [6.45, 7) is 19.6. The van der Waals surface area contributed by atoms with Gasteiger partial charge in [-0.2, -0.15) is 10.5 Å².